The van der Waals surface area contributed by atoms with Gasteiger partial charge in [-0.1, -0.05) is 29.5 Å². The fourth-order valence-corrected chi connectivity index (χ4v) is 6.02. The normalized spacial score (nSPS) is 15.0. The first kappa shape index (κ1) is 28.6. The Morgan fingerprint density at radius 1 is 1.13 bits per heavy atom. The summed E-state index contributed by atoms with van der Waals surface area (Å²) in [6, 6.07) is 10.2. The molecule has 3 aromatic rings. The Labute approximate surface area is 238 Å². The van der Waals surface area contributed by atoms with E-state index < -0.39 is 12.0 Å². The van der Waals surface area contributed by atoms with Crippen molar-refractivity contribution in [3.8, 4) is 17.2 Å². The third-order valence-corrected chi connectivity index (χ3v) is 7.60. The minimum absolute atomic E-state index is 0.0731. The zero-order valence-electron chi connectivity index (χ0n) is 22.3. The zero-order chi connectivity index (χ0) is 28.1. The van der Waals surface area contributed by atoms with Crippen molar-refractivity contribution in [1.29, 1.82) is 0 Å². The second-order valence-corrected chi connectivity index (χ2v) is 10.3. The number of aromatic nitrogens is 1. The summed E-state index contributed by atoms with van der Waals surface area (Å²) in [5, 5.41) is 0. The highest BCUT2D eigenvalue weighted by atomic mass is 79.9. The molecule has 1 aromatic heterocycles. The molecule has 0 saturated carbocycles. The lowest BCUT2D eigenvalue weighted by molar-refractivity contribution is -0.140. The first-order chi connectivity index (χ1) is 18.8. The number of benzene rings is 2. The lowest BCUT2D eigenvalue weighted by Crippen LogP contribution is -2.40. The van der Waals surface area contributed by atoms with Gasteiger partial charge in [0, 0.05) is 12.7 Å². The van der Waals surface area contributed by atoms with Gasteiger partial charge in [0.1, 0.15) is 18.4 Å². The number of hydrogen-bond donors (Lipinski definition) is 0. The van der Waals surface area contributed by atoms with Crippen LogP contribution < -0.4 is 29.1 Å². The summed E-state index contributed by atoms with van der Waals surface area (Å²) in [6.45, 7) is 4.40. The molecular formula is C28H29BrN2O7S. The number of methoxy groups -OCH3 is 3. The van der Waals surface area contributed by atoms with Crippen LogP contribution >= 0.6 is 27.3 Å². The molecule has 2 aromatic carbocycles. The van der Waals surface area contributed by atoms with E-state index in [1.54, 1.807) is 33.3 Å². The van der Waals surface area contributed by atoms with Crippen LogP contribution in [0.15, 0.2) is 61.9 Å². The average Bonchev–Trinajstić information content (AvgIpc) is 3.22. The Morgan fingerprint density at radius 3 is 2.59 bits per heavy atom. The highest BCUT2D eigenvalue weighted by Gasteiger charge is 2.35. The number of rotatable bonds is 10. The molecule has 0 radical (unpaired) electrons. The molecule has 0 spiro atoms. The van der Waals surface area contributed by atoms with Gasteiger partial charge < -0.3 is 23.7 Å². The Bertz CT molecular complexity index is 1590. The van der Waals surface area contributed by atoms with Crippen molar-refractivity contribution in [2.24, 2.45) is 4.99 Å². The predicted octanol–water partition coefficient (Wildman–Crippen LogP) is 3.60. The number of thiazole rings is 1. The van der Waals surface area contributed by atoms with Crippen molar-refractivity contribution in [2.75, 3.05) is 41.2 Å². The fraction of sp³-hybridized carbons (Fsp3) is 0.321. The Balaban J connectivity index is 1.92. The summed E-state index contributed by atoms with van der Waals surface area (Å²) < 4.78 is 30.0. The van der Waals surface area contributed by atoms with Crippen LogP contribution in [0.3, 0.4) is 0 Å². The molecule has 0 aliphatic carbocycles. The van der Waals surface area contributed by atoms with Gasteiger partial charge >= 0.3 is 5.97 Å². The minimum atomic E-state index is -0.795. The van der Waals surface area contributed by atoms with Gasteiger partial charge in [-0.25, -0.2) is 9.79 Å². The quantitative estimate of drug-likeness (QED) is 0.253. The molecule has 39 heavy (non-hydrogen) atoms. The molecule has 206 valence electrons. The molecule has 2 heterocycles. The Morgan fingerprint density at radius 2 is 1.90 bits per heavy atom. The number of hydrogen-bond acceptors (Lipinski definition) is 9. The average molecular weight is 618 g/mol. The smallest absolute Gasteiger partial charge is 0.338 e. The predicted molar refractivity (Wildman–Crippen MR) is 151 cm³/mol. The van der Waals surface area contributed by atoms with Crippen LogP contribution in [-0.4, -0.2) is 51.7 Å². The maximum atomic E-state index is 13.9. The number of esters is 1. The van der Waals surface area contributed by atoms with E-state index in [0.29, 0.717) is 48.9 Å². The lowest BCUT2D eigenvalue weighted by Gasteiger charge is -2.26. The van der Waals surface area contributed by atoms with E-state index >= 15 is 0 Å². The molecule has 9 nitrogen and oxygen atoms in total. The number of para-hydroxylation sites is 1. The summed E-state index contributed by atoms with van der Waals surface area (Å²) in [6.07, 6.45) is 1.77. The van der Waals surface area contributed by atoms with Crippen LogP contribution in [0.2, 0.25) is 0 Å². The summed E-state index contributed by atoms with van der Waals surface area (Å²) in [7, 11) is 4.64. The summed E-state index contributed by atoms with van der Waals surface area (Å²) in [4.78, 5) is 32.3. The van der Waals surface area contributed by atoms with E-state index in [4.69, 9.17) is 23.7 Å². The Kier molecular flexibility index (Phi) is 9.26. The monoisotopic (exact) mass is 616 g/mol. The van der Waals surface area contributed by atoms with Crippen molar-refractivity contribution < 1.29 is 28.5 Å². The van der Waals surface area contributed by atoms with Gasteiger partial charge in [-0.2, -0.15) is 0 Å². The fourth-order valence-electron chi connectivity index (χ4n) is 4.35. The molecule has 11 heteroatoms. The minimum Gasteiger partial charge on any atom is -0.496 e. The number of ether oxygens (including phenoxy) is 5. The second kappa shape index (κ2) is 12.6. The van der Waals surface area contributed by atoms with Gasteiger partial charge in [-0.05, 0) is 59.6 Å². The van der Waals surface area contributed by atoms with Crippen LogP contribution in [0.5, 0.6) is 17.2 Å². The molecule has 1 aliphatic heterocycles. The molecule has 1 atom stereocenters. The van der Waals surface area contributed by atoms with Crippen molar-refractivity contribution in [3.05, 3.63) is 83.0 Å². The van der Waals surface area contributed by atoms with Crippen LogP contribution in [0.1, 0.15) is 31.0 Å². The van der Waals surface area contributed by atoms with E-state index in [-0.39, 0.29) is 24.3 Å². The number of fused-ring (bicyclic) bond motifs is 1. The van der Waals surface area contributed by atoms with Gasteiger partial charge in [-0.15, -0.1) is 0 Å². The molecule has 0 N–H and O–H groups in total. The Hall–Kier alpha value is -3.41. The lowest BCUT2D eigenvalue weighted by atomic mass is 9.95. The molecule has 0 bridgehead atoms. The highest BCUT2D eigenvalue weighted by Crippen LogP contribution is 2.37. The standard InChI is InChI=1S/C28H29BrN2O7S/c1-6-37-21-14-17(13-19(29)25(21)36-5)15-22-26(32)31-24(18-9-7-8-10-20(18)35-4)23(16(2)30-28(31)39-22)27(33)38-12-11-34-3/h7-10,13-15,24H,6,11-12H2,1-5H3. The van der Waals surface area contributed by atoms with Crippen LogP contribution in [0.25, 0.3) is 6.08 Å². The SMILES string of the molecule is CCOc1cc(C=c2sc3n(c2=O)C(c2ccccc2OC)C(C(=O)OCCOC)=C(C)N=3)cc(Br)c1OC. The number of carbonyl (C=O) groups is 1. The van der Waals surface area contributed by atoms with Crippen molar-refractivity contribution in [1.82, 2.24) is 4.57 Å². The second-order valence-electron chi connectivity index (χ2n) is 8.42. The molecule has 0 amide bonds. The molecule has 0 fully saturated rings. The maximum absolute atomic E-state index is 13.9. The first-order valence-corrected chi connectivity index (χ1v) is 13.8. The van der Waals surface area contributed by atoms with E-state index in [1.165, 1.54) is 23.0 Å². The van der Waals surface area contributed by atoms with E-state index in [2.05, 4.69) is 20.9 Å². The summed E-state index contributed by atoms with van der Waals surface area (Å²) in [5.74, 6) is 1.09. The van der Waals surface area contributed by atoms with Gasteiger partial charge in [0.15, 0.2) is 16.3 Å². The van der Waals surface area contributed by atoms with Crippen molar-refractivity contribution in [2.45, 2.75) is 19.9 Å². The van der Waals surface area contributed by atoms with Crippen molar-refractivity contribution >= 4 is 39.3 Å². The van der Waals surface area contributed by atoms with Crippen LogP contribution in [-0.2, 0) is 14.3 Å². The summed E-state index contributed by atoms with van der Waals surface area (Å²) >= 11 is 4.76. The number of halogens is 1. The third-order valence-electron chi connectivity index (χ3n) is 6.03. The van der Waals surface area contributed by atoms with E-state index in [9.17, 15) is 9.59 Å². The zero-order valence-corrected chi connectivity index (χ0v) is 24.7. The molecule has 1 unspecified atom stereocenters. The third kappa shape index (κ3) is 5.80. The van der Waals surface area contributed by atoms with E-state index in [0.717, 1.165) is 5.56 Å². The largest absolute Gasteiger partial charge is 0.496 e. The van der Waals surface area contributed by atoms with Gasteiger partial charge in [0.2, 0.25) is 0 Å². The summed E-state index contributed by atoms with van der Waals surface area (Å²) in [5.41, 5.74) is 1.81. The molecule has 0 saturated heterocycles. The molecule has 1 aliphatic rings. The van der Waals surface area contributed by atoms with Gasteiger partial charge in [0.05, 0.1) is 47.7 Å². The topological polar surface area (TPSA) is 97.6 Å². The molecule has 4 rings (SSSR count). The van der Waals surface area contributed by atoms with Gasteiger partial charge in [0.25, 0.3) is 5.56 Å². The van der Waals surface area contributed by atoms with Crippen molar-refractivity contribution in [3.63, 3.8) is 0 Å². The van der Waals surface area contributed by atoms with E-state index in [1.807, 2.05) is 37.3 Å². The number of nitrogens with zero attached hydrogens (tertiary/aromatic N) is 2. The molecular weight excluding hydrogens is 588 g/mol. The number of allylic oxidation sites excluding steroid dienone is 1. The first-order valence-electron chi connectivity index (χ1n) is 12.2. The highest BCUT2D eigenvalue weighted by molar-refractivity contribution is 9.10. The maximum Gasteiger partial charge on any atom is 0.338 e. The van der Waals surface area contributed by atoms with Crippen LogP contribution in [0, 0.1) is 0 Å². The van der Waals surface area contributed by atoms with Gasteiger partial charge in [-0.3, -0.25) is 9.36 Å². The van der Waals surface area contributed by atoms with Crippen LogP contribution in [0.4, 0.5) is 0 Å². The number of carbonyl (C=O) groups excluding carboxylic acids is 1.